The molecule has 0 aliphatic heterocycles. The van der Waals surface area contributed by atoms with E-state index in [-0.39, 0.29) is 29.8 Å². The van der Waals surface area contributed by atoms with Crippen molar-refractivity contribution in [1.29, 1.82) is 0 Å². The summed E-state index contributed by atoms with van der Waals surface area (Å²) in [5, 5.41) is 0. The van der Waals surface area contributed by atoms with Crippen molar-refractivity contribution in [1.82, 2.24) is 4.98 Å². The first-order valence-corrected chi connectivity index (χ1v) is 5.91. The smallest absolute Gasteiger partial charge is 0.310 e. The molecule has 1 aromatic heterocycles. The van der Waals surface area contributed by atoms with E-state index in [0.717, 1.165) is 6.20 Å². The van der Waals surface area contributed by atoms with Crippen LogP contribution in [0.3, 0.4) is 0 Å². The molecule has 0 aliphatic carbocycles. The van der Waals surface area contributed by atoms with Gasteiger partial charge in [0.1, 0.15) is 3.70 Å². The number of hydrogen-bond acceptors (Lipinski definition) is 4. The normalized spacial score (nSPS) is 10.6. The zero-order chi connectivity index (χ0) is 13.0. The zero-order valence-corrected chi connectivity index (χ0v) is 11.2. The molecule has 1 heterocycles. The lowest BCUT2D eigenvalue weighted by molar-refractivity contribution is -0.142. The van der Waals surface area contributed by atoms with Crippen molar-refractivity contribution in [3.8, 4) is 0 Å². The summed E-state index contributed by atoms with van der Waals surface area (Å²) in [6, 6.07) is 0. The van der Waals surface area contributed by atoms with Gasteiger partial charge < -0.3 is 10.5 Å². The molecule has 0 aromatic carbocycles. The highest BCUT2D eigenvalue weighted by atomic mass is 127. The van der Waals surface area contributed by atoms with Crippen LogP contribution in [0.25, 0.3) is 0 Å². The number of anilines is 1. The molecule has 0 fully saturated rings. The Hall–Kier alpha value is -0.990. The molecule has 17 heavy (non-hydrogen) atoms. The molecule has 0 atom stereocenters. The van der Waals surface area contributed by atoms with Gasteiger partial charge in [0.15, 0.2) is 0 Å². The van der Waals surface area contributed by atoms with E-state index in [4.69, 9.17) is 10.5 Å². The average molecular weight is 356 g/mol. The lowest BCUT2D eigenvalue weighted by Crippen LogP contribution is -2.13. The van der Waals surface area contributed by atoms with Crippen molar-refractivity contribution in [2.45, 2.75) is 19.8 Å². The second-order valence-corrected chi connectivity index (χ2v) is 4.20. The second-order valence-electron chi connectivity index (χ2n) is 3.18. The fourth-order valence-electron chi connectivity index (χ4n) is 1.34. The number of halogens is 3. The Morgan fingerprint density at radius 3 is 2.82 bits per heavy atom. The Bertz CT molecular complexity index is 427. The van der Waals surface area contributed by atoms with Gasteiger partial charge in [0, 0.05) is 11.1 Å². The van der Waals surface area contributed by atoms with E-state index in [9.17, 15) is 13.6 Å². The Balaban J connectivity index is 3.12. The van der Waals surface area contributed by atoms with Crippen LogP contribution in [0.15, 0.2) is 6.20 Å². The van der Waals surface area contributed by atoms with Gasteiger partial charge in [-0.25, -0.2) is 13.8 Å². The van der Waals surface area contributed by atoms with Gasteiger partial charge in [0.05, 0.1) is 24.9 Å². The number of aromatic nitrogens is 1. The van der Waals surface area contributed by atoms with Crippen LogP contribution in [0, 0.1) is 3.70 Å². The molecule has 0 unspecified atom stereocenters. The minimum atomic E-state index is -2.74. The van der Waals surface area contributed by atoms with E-state index in [1.807, 2.05) is 0 Å². The molecule has 0 radical (unpaired) electrons. The fourth-order valence-corrected chi connectivity index (χ4v) is 1.96. The van der Waals surface area contributed by atoms with Crippen molar-refractivity contribution >= 4 is 34.2 Å². The van der Waals surface area contributed by atoms with Gasteiger partial charge in [0.2, 0.25) is 0 Å². The first kappa shape index (κ1) is 14.1. The van der Waals surface area contributed by atoms with Crippen LogP contribution in [0.1, 0.15) is 24.5 Å². The van der Waals surface area contributed by atoms with Crippen molar-refractivity contribution in [3.63, 3.8) is 0 Å². The largest absolute Gasteiger partial charge is 0.466 e. The number of carbonyl (C=O) groups excluding carboxylic acids is 1. The Morgan fingerprint density at radius 1 is 1.65 bits per heavy atom. The topological polar surface area (TPSA) is 65.2 Å². The van der Waals surface area contributed by atoms with Crippen molar-refractivity contribution in [2.24, 2.45) is 0 Å². The van der Waals surface area contributed by atoms with Gasteiger partial charge in [-0.2, -0.15) is 0 Å². The quantitative estimate of drug-likeness (QED) is 0.511. The molecule has 4 nitrogen and oxygen atoms in total. The fraction of sp³-hybridized carbons (Fsp3) is 0.400. The van der Waals surface area contributed by atoms with E-state index in [0.29, 0.717) is 3.70 Å². The summed E-state index contributed by atoms with van der Waals surface area (Å²) in [5.74, 6) is -0.570. The molecule has 0 amide bonds. The summed E-state index contributed by atoms with van der Waals surface area (Å²) in [6.45, 7) is 1.85. The van der Waals surface area contributed by atoms with E-state index in [1.165, 1.54) is 0 Å². The number of esters is 1. The highest BCUT2D eigenvalue weighted by Gasteiger charge is 2.22. The Labute approximate surface area is 111 Å². The number of nitrogen functional groups attached to an aromatic ring is 1. The number of hydrogen-bond donors (Lipinski definition) is 1. The van der Waals surface area contributed by atoms with Gasteiger partial charge >= 0.3 is 5.97 Å². The Kier molecular flexibility index (Phi) is 5.03. The maximum atomic E-state index is 12.8. The van der Waals surface area contributed by atoms with E-state index >= 15 is 0 Å². The average Bonchev–Trinajstić information content (AvgIpc) is 2.23. The second kappa shape index (κ2) is 6.08. The number of pyridine rings is 1. The highest BCUT2D eigenvalue weighted by molar-refractivity contribution is 14.1. The predicted molar refractivity (Wildman–Crippen MR) is 66.7 cm³/mol. The summed E-state index contributed by atoms with van der Waals surface area (Å²) in [7, 11) is 0. The number of nitrogens with two attached hydrogens (primary N) is 1. The molecule has 2 N–H and O–H groups in total. The molecule has 7 heteroatoms. The molecule has 1 rings (SSSR count). The summed E-state index contributed by atoms with van der Waals surface area (Å²) >= 11 is 1.79. The van der Waals surface area contributed by atoms with Gasteiger partial charge in [0.25, 0.3) is 6.43 Å². The van der Waals surface area contributed by atoms with Crippen LogP contribution in [0.5, 0.6) is 0 Å². The van der Waals surface area contributed by atoms with Crippen LogP contribution < -0.4 is 5.73 Å². The minimum absolute atomic E-state index is 0.111. The monoisotopic (exact) mass is 356 g/mol. The third-order valence-electron chi connectivity index (χ3n) is 2.05. The SMILES string of the molecule is CCOC(=O)Cc1c(I)ncc(N)c1C(F)F. The first-order valence-electron chi connectivity index (χ1n) is 4.83. The number of carbonyl (C=O) groups is 1. The molecule has 0 saturated heterocycles. The van der Waals surface area contributed by atoms with Gasteiger partial charge in [-0.05, 0) is 29.5 Å². The molecule has 94 valence electrons. The minimum Gasteiger partial charge on any atom is -0.466 e. The van der Waals surface area contributed by atoms with E-state index < -0.39 is 12.4 Å². The predicted octanol–water partition coefficient (Wildman–Crippen LogP) is 2.31. The molecule has 0 spiro atoms. The van der Waals surface area contributed by atoms with Crippen molar-refractivity contribution in [2.75, 3.05) is 12.3 Å². The van der Waals surface area contributed by atoms with E-state index in [1.54, 1.807) is 29.5 Å². The Morgan fingerprint density at radius 2 is 2.29 bits per heavy atom. The summed E-state index contributed by atoms with van der Waals surface area (Å²) in [4.78, 5) is 15.2. The highest BCUT2D eigenvalue weighted by Crippen LogP contribution is 2.30. The summed E-state index contributed by atoms with van der Waals surface area (Å²) < 4.78 is 30.7. The molecular weight excluding hydrogens is 345 g/mol. The number of alkyl halides is 2. The van der Waals surface area contributed by atoms with Gasteiger partial charge in [-0.3, -0.25) is 4.79 Å². The number of ether oxygens (including phenoxy) is 1. The molecule has 0 saturated carbocycles. The van der Waals surface area contributed by atoms with Crippen molar-refractivity contribution in [3.05, 3.63) is 21.0 Å². The van der Waals surface area contributed by atoms with Crippen LogP contribution in [0.4, 0.5) is 14.5 Å². The molecule has 0 bridgehead atoms. The van der Waals surface area contributed by atoms with E-state index in [2.05, 4.69) is 4.98 Å². The molecule has 1 aromatic rings. The van der Waals surface area contributed by atoms with Crippen LogP contribution in [0.2, 0.25) is 0 Å². The van der Waals surface area contributed by atoms with Gasteiger partial charge in [-0.15, -0.1) is 0 Å². The maximum Gasteiger partial charge on any atom is 0.310 e. The van der Waals surface area contributed by atoms with Crippen LogP contribution in [-0.2, 0) is 16.0 Å². The molecule has 0 aliphatic rings. The third-order valence-corrected chi connectivity index (χ3v) is 2.98. The van der Waals surface area contributed by atoms with Crippen LogP contribution in [-0.4, -0.2) is 17.6 Å². The number of rotatable bonds is 4. The van der Waals surface area contributed by atoms with Crippen LogP contribution >= 0.6 is 22.6 Å². The zero-order valence-electron chi connectivity index (χ0n) is 9.04. The maximum absolute atomic E-state index is 12.8. The van der Waals surface area contributed by atoms with Crippen molar-refractivity contribution < 1.29 is 18.3 Å². The molecular formula is C10H11F2IN2O2. The lowest BCUT2D eigenvalue weighted by Gasteiger charge is -2.12. The number of nitrogens with zero attached hydrogens (tertiary/aromatic N) is 1. The van der Waals surface area contributed by atoms with Gasteiger partial charge in [-0.1, -0.05) is 0 Å². The summed E-state index contributed by atoms with van der Waals surface area (Å²) in [5.41, 5.74) is 5.13. The third kappa shape index (κ3) is 3.48. The summed E-state index contributed by atoms with van der Waals surface area (Å²) in [6.07, 6.45) is -1.82. The lowest BCUT2D eigenvalue weighted by atomic mass is 10.1. The first-order chi connectivity index (χ1) is 7.97. The standard InChI is InChI=1S/C10H11F2IN2O2/c1-2-17-7(16)3-5-8(9(11)12)6(14)4-15-10(5)13/h4,9H,2-3,14H2,1H3.